The molecule has 3 heterocycles. The molecule has 0 saturated carbocycles. The topological polar surface area (TPSA) is 116 Å². The maximum absolute atomic E-state index is 12.3. The minimum absolute atomic E-state index is 0.264. The van der Waals surface area contributed by atoms with Gasteiger partial charge in [-0.1, -0.05) is 13.8 Å². The molecule has 4 rings (SSSR count). The lowest BCUT2D eigenvalue weighted by Crippen LogP contribution is -2.42. The Morgan fingerprint density at radius 2 is 1.85 bits per heavy atom. The van der Waals surface area contributed by atoms with Gasteiger partial charge in [-0.3, -0.25) is 9.48 Å². The van der Waals surface area contributed by atoms with E-state index in [1.165, 1.54) is 0 Å². The number of amides is 2. The molecule has 0 radical (unpaired) electrons. The lowest BCUT2D eigenvalue weighted by molar-refractivity contribution is 0.0177. The van der Waals surface area contributed by atoms with E-state index < -0.39 is 11.5 Å². The zero-order valence-electron chi connectivity index (χ0n) is 20.6. The van der Waals surface area contributed by atoms with Crippen LogP contribution in [-0.2, 0) is 24.1 Å². The van der Waals surface area contributed by atoms with E-state index in [1.54, 1.807) is 4.90 Å². The Morgan fingerprint density at radius 3 is 2.45 bits per heavy atom. The van der Waals surface area contributed by atoms with Crippen LogP contribution in [0.15, 0.2) is 6.20 Å². The molecule has 0 spiro atoms. The Balaban J connectivity index is 0.00000149. The summed E-state index contributed by atoms with van der Waals surface area (Å²) in [6, 6.07) is 0. The number of nitrogens with zero attached hydrogens (tertiary/aromatic N) is 5. The van der Waals surface area contributed by atoms with Gasteiger partial charge < -0.3 is 15.4 Å². The number of piperidine rings is 1. The van der Waals surface area contributed by atoms with Crippen LogP contribution < -0.4 is 5.73 Å². The van der Waals surface area contributed by atoms with Gasteiger partial charge in [0.25, 0.3) is 5.91 Å². The van der Waals surface area contributed by atoms with Gasteiger partial charge in [0.1, 0.15) is 11.4 Å². The molecule has 2 N–H and O–H groups in total. The van der Waals surface area contributed by atoms with Crippen molar-refractivity contribution in [3.63, 3.8) is 0 Å². The summed E-state index contributed by atoms with van der Waals surface area (Å²) in [5, 5.41) is 4.59. The van der Waals surface area contributed by atoms with E-state index in [0.717, 1.165) is 41.8 Å². The molecular formula is C24H36N6O3. The number of carbonyl (C=O) groups excluding carboxylic acids is 2. The molecule has 1 saturated heterocycles. The highest BCUT2D eigenvalue weighted by molar-refractivity contribution is 5.94. The number of ether oxygens (including phenoxy) is 1. The van der Waals surface area contributed by atoms with Crippen LogP contribution in [0, 0.1) is 12.8 Å². The third kappa shape index (κ3) is 5.51. The molecule has 9 heteroatoms. The molecule has 0 atom stereocenters. The van der Waals surface area contributed by atoms with E-state index in [9.17, 15) is 9.59 Å². The largest absolute Gasteiger partial charge is 0.444 e. The first-order chi connectivity index (χ1) is 15.6. The summed E-state index contributed by atoms with van der Waals surface area (Å²) in [6.07, 6.45) is 4.75. The molecule has 180 valence electrons. The van der Waals surface area contributed by atoms with E-state index in [2.05, 4.69) is 15.1 Å². The highest BCUT2D eigenvalue weighted by Gasteiger charge is 2.31. The third-order valence-corrected chi connectivity index (χ3v) is 5.83. The van der Waals surface area contributed by atoms with Gasteiger partial charge >= 0.3 is 6.09 Å². The molecule has 2 aromatic heterocycles. The van der Waals surface area contributed by atoms with Crippen molar-refractivity contribution in [1.82, 2.24) is 24.6 Å². The molecule has 2 amide bonds. The number of hydrogen-bond donors (Lipinski definition) is 1. The first kappa shape index (κ1) is 24.7. The van der Waals surface area contributed by atoms with Crippen molar-refractivity contribution in [3.05, 3.63) is 28.8 Å². The molecule has 0 aromatic carbocycles. The van der Waals surface area contributed by atoms with Crippen molar-refractivity contribution in [2.24, 2.45) is 11.7 Å². The normalized spacial score (nSPS) is 15.8. The van der Waals surface area contributed by atoms with Gasteiger partial charge in [-0.25, -0.2) is 14.8 Å². The SMILES string of the molecule is CC.Cc1ncc2c(n1)-c1c(c(C(N)=O)nn1CC1CCN(C(=O)OC(C)(C)C)CC1)CC2. The number of hydrogen-bond acceptors (Lipinski definition) is 6. The maximum Gasteiger partial charge on any atom is 0.410 e. The summed E-state index contributed by atoms with van der Waals surface area (Å²) in [6.45, 7) is 13.4. The molecular weight excluding hydrogens is 420 g/mol. The van der Waals surface area contributed by atoms with Crippen LogP contribution in [0.3, 0.4) is 0 Å². The number of nitrogens with two attached hydrogens (primary N) is 1. The number of carbonyl (C=O) groups is 2. The average molecular weight is 457 g/mol. The monoisotopic (exact) mass is 456 g/mol. The Morgan fingerprint density at radius 1 is 1.18 bits per heavy atom. The number of aromatic nitrogens is 4. The molecule has 9 nitrogen and oxygen atoms in total. The van der Waals surface area contributed by atoms with Gasteiger partial charge in [0.05, 0.1) is 11.4 Å². The lowest BCUT2D eigenvalue weighted by Gasteiger charge is -2.33. The molecule has 1 fully saturated rings. The highest BCUT2D eigenvalue weighted by atomic mass is 16.6. The summed E-state index contributed by atoms with van der Waals surface area (Å²) < 4.78 is 7.39. The summed E-state index contributed by atoms with van der Waals surface area (Å²) in [4.78, 5) is 35.1. The summed E-state index contributed by atoms with van der Waals surface area (Å²) in [7, 11) is 0. The summed E-state index contributed by atoms with van der Waals surface area (Å²) in [5.41, 5.74) is 9.14. The Labute approximate surface area is 195 Å². The highest BCUT2D eigenvalue weighted by Crippen LogP contribution is 2.35. The first-order valence-electron chi connectivity index (χ1n) is 11.8. The molecule has 0 unspecified atom stereocenters. The van der Waals surface area contributed by atoms with Gasteiger partial charge in [-0.05, 0) is 64.9 Å². The van der Waals surface area contributed by atoms with E-state index in [0.29, 0.717) is 43.5 Å². The molecule has 1 aliphatic carbocycles. The van der Waals surface area contributed by atoms with Crippen molar-refractivity contribution >= 4 is 12.0 Å². The van der Waals surface area contributed by atoms with Gasteiger partial charge in [-0.15, -0.1) is 0 Å². The van der Waals surface area contributed by atoms with Gasteiger partial charge in [0.15, 0.2) is 5.69 Å². The molecule has 2 aromatic rings. The second-order valence-corrected chi connectivity index (χ2v) is 9.42. The zero-order valence-corrected chi connectivity index (χ0v) is 20.6. The van der Waals surface area contributed by atoms with Crippen molar-refractivity contribution in [2.75, 3.05) is 13.1 Å². The second-order valence-electron chi connectivity index (χ2n) is 9.42. The third-order valence-electron chi connectivity index (χ3n) is 5.83. The van der Waals surface area contributed by atoms with Crippen LogP contribution in [0.5, 0.6) is 0 Å². The van der Waals surface area contributed by atoms with E-state index >= 15 is 0 Å². The molecule has 1 aliphatic heterocycles. The van der Waals surface area contributed by atoms with Crippen molar-refractivity contribution < 1.29 is 14.3 Å². The van der Waals surface area contributed by atoms with Crippen LogP contribution in [0.1, 0.15) is 74.9 Å². The standard InChI is InChI=1S/C22H30N6O3.C2H6/c1-13-24-11-15-5-6-16-18(20(23)29)26-28(19(16)17(15)25-13)12-14-7-9-27(10-8-14)21(30)31-22(2,3)4;1-2/h11,14H,5-10,12H2,1-4H3,(H2,23,29);1-2H3. The van der Waals surface area contributed by atoms with Crippen molar-refractivity contribution in [2.45, 2.75) is 79.4 Å². The van der Waals surface area contributed by atoms with Crippen LogP contribution >= 0.6 is 0 Å². The van der Waals surface area contributed by atoms with E-state index in [-0.39, 0.29) is 6.09 Å². The second kappa shape index (κ2) is 9.89. The molecule has 2 aliphatic rings. The fraction of sp³-hybridized carbons (Fsp3) is 0.625. The van der Waals surface area contributed by atoms with Gasteiger partial charge in [0.2, 0.25) is 0 Å². The molecule has 33 heavy (non-hydrogen) atoms. The smallest absolute Gasteiger partial charge is 0.410 e. The Kier molecular flexibility index (Phi) is 7.39. The fourth-order valence-corrected chi connectivity index (χ4v) is 4.34. The number of primary amides is 1. The first-order valence-corrected chi connectivity index (χ1v) is 11.8. The number of likely N-dealkylation sites (tertiary alicyclic amines) is 1. The van der Waals surface area contributed by atoms with E-state index in [1.807, 2.05) is 52.4 Å². The van der Waals surface area contributed by atoms with Gasteiger partial charge in [0, 0.05) is 31.4 Å². The van der Waals surface area contributed by atoms with E-state index in [4.69, 9.17) is 10.5 Å². The van der Waals surface area contributed by atoms with Crippen LogP contribution in [0.25, 0.3) is 11.4 Å². The Hall–Kier alpha value is -2.97. The lowest BCUT2D eigenvalue weighted by atomic mass is 9.92. The van der Waals surface area contributed by atoms with Gasteiger partial charge in [-0.2, -0.15) is 5.10 Å². The van der Waals surface area contributed by atoms with Crippen LogP contribution in [0.4, 0.5) is 4.79 Å². The van der Waals surface area contributed by atoms with Crippen molar-refractivity contribution in [1.29, 1.82) is 0 Å². The average Bonchev–Trinajstić information content (AvgIpc) is 3.13. The van der Waals surface area contributed by atoms with Crippen LogP contribution in [0.2, 0.25) is 0 Å². The predicted octanol–water partition coefficient (Wildman–Crippen LogP) is 3.52. The quantitative estimate of drug-likeness (QED) is 0.755. The molecule has 0 bridgehead atoms. The summed E-state index contributed by atoms with van der Waals surface area (Å²) >= 11 is 0. The number of rotatable bonds is 3. The predicted molar refractivity (Wildman–Crippen MR) is 126 cm³/mol. The zero-order chi connectivity index (χ0) is 24.3. The minimum atomic E-state index is -0.510. The fourth-order valence-electron chi connectivity index (χ4n) is 4.34. The Bertz CT molecular complexity index is 1020. The maximum atomic E-state index is 12.3. The van der Waals surface area contributed by atoms with Crippen molar-refractivity contribution in [3.8, 4) is 11.4 Å². The van der Waals surface area contributed by atoms with Crippen LogP contribution in [-0.4, -0.2) is 55.3 Å². The summed E-state index contributed by atoms with van der Waals surface area (Å²) in [5.74, 6) is 0.506. The number of fused-ring (bicyclic) bond motifs is 3. The minimum Gasteiger partial charge on any atom is -0.444 e. The number of aryl methyl sites for hydroxylation is 2.